The minimum atomic E-state index is -5.01. The van der Waals surface area contributed by atoms with Crippen LogP contribution in [0.3, 0.4) is 0 Å². The molecule has 1 aliphatic carbocycles. The average Bonchev–Trinajstić information content (AvgIpc) is 2.81. The van der Waals surface area contributed by atoms with Crippen molar-refractivity contribution in [3.05, 3.63) is 87.0 Å². The van der Waals surface area contributed by atoms with Gasteiger partial charge < -0.3 is 16.8 Å². The summed E-state index contributed by atoms with van der Waals surface area (Å²) in [5, 5.41) is 2.00. The van der Waals surface area contributed by atoms with E-state index < -0.39 is 35.1 Å². The average molecular weight is 592 g/mol. The fourth-order valence-electron chi connectivity index (χ4n) is 3.77. The standard InChI is InChI=1S/C24H21BrF6N2O.CH3NO/c25-20-6-3-5-15-9-8-14(10-19(15)20)4-1-2-7-21(32)22(34)33-18-12-16(23(26,27)28)11-17(13-18)24(29,30)31;2-1-3/h1-3,5-7,11-14H,4,8-10,32H2,(H,33,34);1H,(H2,2,3)/b2-1-,21-7-;. The van der Waals surface area contributed by atoms with Crippen LogP contribution in [0.2, 0.25) is 0 Å². The SMILES string of the molecule is N/C(=C\C=C/CC1CCc2cccc(Br)c2C1)C(=O)Nc1cc(C(F)(F)F)cc(C(F)(F)F)c1.NC=O. The Labute approximate surface area is 217 Å². The van der Waals surface area contributed by atoms with Crippen LogP contribution in [-0.2, 0) is 34.8 Å². The fraction of sp³-hybridized carbons (Fsp3) is 0.280. The number of alkyl halides is 6. The molecule has 5 nitrogen and oxygen atoms in total. The summed E-state index contributed by atoms with van der Waals surface area (Å²) in [5.74, 6) is -0.607. The van der Waals surface area contributed by atoms with Crippen LogP contribution in [0.5, 0.6) is 0 Å². The quantitative estimate of drug-likeness (QED) is 0.169. The summed E-state index contributed by atoms with van der Waals surface area (Å²) in [6.07, 6.45) is -1.53. The van der Waals surface area contributed by atoms with Crippen molar-refractivity contribution >= 4 is 33.9 Å². The summed E-state index contributed by atoms with van der Waals surface area (Å²) in [6, 6.07) is 6.95. The Kier molecular flexibility index (Phi) is 10.4. The van der Waals surface area contributed by atoms with E-state index >= 15 is 0 Å². The van der Waals surface area contributed by atoms with Crippen LogP contribution in [0.15, 0.2) is 64.8 Å². The molecule has 0 radical (unpaired) electrons. The molecule has 5 N–H and O–H groups in total. The van der Waals surface area contributed by atoms with Crippen LogP contribution in [0.1, 0.15) is 35.1 Å². The number of amides is 2. The van der Waals surface area contributed by atoms with Crippen LogP contribution < -0.4 is 16.8 Å². The predicted octanol–water partition coefficient (Wildman–Crippen LogP) is 6.12. The van der Waals surface area contributed by atoms with Gasteiger partial charge in [0.2, 0.25) is 6.41 Å². The van der Waals surface area contributed by atoms with E-state index in [1.807, 2.05) is 23.5 Å². The third-order valence-corrected chi connectivity index (χ3v) is 6.26. The van der Waals surface area contributed by atoms with E-state index in [9.17, 15) is 31.1 Å². The molecule has 12 heteroatoms. The summed E-state index contributed by atoms with van der Waals surface area (Å²) in [5.41, 5.74) is 8.37. The lowest BCUT2D eigenvalue weighted by molar-refractivity contribution is -0.143. The maximum atomic E-state index is 13.0. The van der Waals surface area contributed by atoms with Crippen molar-refractivity contribution in [2.45, 2.75) is 38.0 Å². The van der Waals surface area contributed by atoms with Gasteiger partial charge in [0, 0.05) is 10.2 Å². The van der Waals surface area contributed by atoms with Gasteiger partial charge >= 0.3 is 12.4 Å². The lowest BCUT2D eigenvalue weighted by Crippen LogP contribution is -2.21. The minimum Gasteiger partial charge on any atom is -0.394 e. The minimum absolute atomic E-state index is 0.0141. The molecule has 0 heterocycles. The smallest absolute Gasteiger partial charge is 0.394 e. The molecule has 2 aromatic carbocycles. The molecule has 0 aliphatic heterocycles. The maximum absolute atomic E-state index is 13.0. The number of fused-ring (bicyclic) bond motifs is 1. The Bertz CT molecular complexity index is 1140. The fourth-order valence-corrected chi connectivity index (χ4v) is 4.34. The molecule has 3 rings (SSSR count). The van der Waals surface area contributed by atoms with Gasteiger partial charge in [0.15, 0.2) is 0 Å². The molecule has 2 aromatic rings. The molecule has 0 saturated carbocycles. The van der Waals surface area contributed by atoms with E-state index in [-0.39, 0.29) is 18.2 Å². The number of anilines is 1. The monoisotopic (exact) mass is 591 g/mol. The Morgan fingerprint density at radius 1 is 1.08 bits per heavy atom. The molecule has 1 atom stereocenters. The molecule has 1 unspecified atom stereocenters. The summed E-state index contributed by atoms with van der Waals surface area (Å²) in [7, 11) is 0. The van der Waals surface area contributed by atoms with Crippen LogP contribution >= 0.6 is 15.9 Å². The molecule has 200 valence electrons. The molecule has 1 aliphatic rings. The number of nitrogens with one attached hydrogen (secondary N) is 1. The maximum Gasteiger partial charge on any atom is 0.416 e. The van der Waals surface area contributed by atoms with Gasteiger partial charge in [-0.15, -0.1) is 0 Å². The lowest BCUT2D eigenvalue weighted by atomic mass is 9.82. The summed E-state index contributed by atoms with van der Waals surface area (Å²) >= 11 is 3.57. The van der Waals surface area contributed by atoms with E-state index in [1.54, 1.807) is 6.08 Å². The molecule has 37 heavy (non-hydrogen) atoms. The number of halogens is 7. The molecule has 2 amide bonds. The number of allylic oxidation sites excluding steroid dienone is 3. The van der Waals surface area contributed by atoms with Gasteiger partial charge in [-0.3, -0.25) is 9.59 Å². The Balaban J connectivity index is 0.00000153. The Morgan fingerprint density at radius 3 is 2.24 bits per heavy atom. The zero-order valence-corrected chi connectivity index (χ0v) is 20.9. The van der Waals surface area contributed by atoms with E-state index in [0.717, 1.165) is 30.2 Å². The van der Waals surface area contributed by atoms with Crippen molar-refractivity contribution in [1.29, 1.82) is 0 Å². The third kappa shape index (κ3) is 8.96. The highest BCUT2D eigenvalue weighted by molar-refractivity contribution is 9.10. The van der Waals surface area contributed by atoms with Crippen molar-refractivity contribution < 1.29 is 35.9 Å². The molecule has 0 bridgehead atoms. The van der Waals surface area contributed by atoms with Crippen molar-refractivity contribution in [2.75, 3.05) is 5.32 Å². The predicted molar refractivity (Wildman–Crippen MR) is 131 cm³/mol. The van der Waals surface area contributed by atoms with Gasteiger partial charge in [0.25, 0.3) is 5.91 Å². The third-order valence-electron chi connectivity index (χ3n) is 5.52. The summed E-state index contributed by atoms with van der Waals surface area (Å²) < 4.78 is 78.9. The van der Waals surface area contributed by atoms with Crippen LogP contribution in [-0.4, -0.2) is 12.3 Å². The summed E-state index contributed by atoms with van der Waals surface area (Å²) in [4.78, 5) is 20.8. The first kappa shape index (κ1) is 29.9. The van der Waals surface area contributed by atoms with E-state index in [2.05, 4.69) is 27.7 Å². The highest BCUT2D eigenvalue weighted by atomic mass is 79.9. The zero-order chi connectivity index (χ0) is 27.8. The van der Waals surface area contributed by atoms with Gasteiger partial charge in [0.05, 0.1) is 16.8 Å². The number of rotatable bonds is 5. The van der Waals surface area contributed by atoms with Crippen molar-refractivity contribution in [1.82, 2.24) is 0 Å². The largest absolute Gasteiger partial charge is 0.416 e. The number of aryl methyl sites for hydroxylation is 1. The van der Waals surface area contributed by atoms with Gasteiger partial charge in [-0.25, -0.2) is 0 Å². The van der Waals surface area contributed by atoms with E-state index in [1.165, 1.54) is 17.2 Å². The number of carbonyl (C=O) groups excluding carboxylic acids is 2. The Morgan fingerprint density at radius 2 is 1.68 bits per heavy atom. The first-order valence-corrected chi connectivity index (χ1v) is 11.7. The highest BCUT2D eigenvalue weighted by Crippen LogP contribution is 2.37. The first-order valence-electron chi connectivity index (χ1n) is 10.9. The van der Waals surface area contributed by atoms with E-state index in [0.29, 0.717) is 18.1 Å². The van der Waals surface area contributed by atoms with Crippen LogP contribution in [0, 0.1) is 5.92 Å². The second-order valence-corrected chi connectivity index (χ2v) is 9.01. The molecule has 0 saturated heterocycles. The van der Waals surface area contributed by atoms with Crippen molar-refractivity contribution in [3.63, 3.8) is 0 Å². The van der Waals surface area contributed by atoms with E-state index in [4.69, 9.17) is 10.5 Å². The number of carbonyl (C=O) groups is 2. The number of primary amides is 1. The van der Waals surface area contributed by atoms with Gasteiger partial charge in [-0.05, 0) is 73.1 Å². The Hall–Kier alpha value is -3.28. The normalized spacial score (nSPS) is 16.0. The van der Waals surface area contributed by atoms with Crippen molar-refractivity contribution in [3.8, 4) is 0 Å². The number of benzene rings is 2. The second kappa shape index (κ2) is 12.8. The van der Waals surface area contributed by atoms with Crippen LogP contribution in [0.4, 0.5) is 32.0 Å². The van der Waals surface area contributed by atoms with Gasteiger partial charge in [-0.2, -0.15) is 26.3 Å². The summed E-state index contributed by atoms with van der Waals surface area (Å²) in [6.45, 7) is 0. The number of hydrogen-bond acceptors (Lipinski definition) is 3. The van der Waals surface area contributed by atoms with Gasteiger partial charge in [0.1, 0.15) is 0 Å². The van der Waals surface area contributed by atoms with Crippen LogP contribution in [0.25, 0.3) is 0 Å². The topological polar surface area (TPSA) is 98.2 Å². The van der Waals surface area contributed by atoms with Gasteiger partial charge in [-0.1, -0.05) is 40.2 Å². The molecule has 0 spiro atoms. The molecule has 0 aromatic heterocycles. The second-order valence-electron chi connectivity index (χ2n) is 8.16. The first-order chi connectivity index (χ1) is 17.3. The highest BCUT2D eigenvalue weighted by Gasteiger charge is 2.37. The number of nitrogens with two attached hydrogens (primary N) is 2. The molecule has 0 fully saturated rings. The molecular weight excluding hydrogens is 568 g/mol. The number of hydrogen-bond donors (Lipinski definition) is 3. The van der Waals surface area contributed by atoms with Crippen molar-refractivity contribution in [2.24, 2.45) is 17.4 Å². The zero-order valence-electron chi connectivity index (χ0n) is 19.3. The molecular formula is C25H24BrF6N3O2. The lowest BCUT2D eigenvalue weighted by Gasteiger charge is -2.24.